The van der Waals surface area contributed by atoms with Crippen LogP contribution in [0, 0.1) is 5.92 Å². The van der Waals surface area contributed by atoms with E-state index in [1.807, 2.05) is 0 Å². The Morgan fingerprint density at radius 1 is 0.917 bits per heavy atom. The summed E-state index contributed by atoms with van der Waals surface area (Å²) >= 11 is 0. The van der Waals surface area contributed by atoms with Gasteiger partial charge in [-0.2, -0.15) is 0 Å². The molecule has 0 unspecified atom stereocenters. The molecule has 24 heavy (non-hydrogen) atoms. The number of unbranched alkanes of at least 4 members (excludes halogenated alkanes) is 6. The molecule has 2 aliphatic heterocycles. The number of rotatable bonds is 10. The fourth-order valence-electron chi connectivity index (χ4n) is 3.91. The number of carbonyl (C=O) groups is 1. The van der Waals surface area contributed by atoms with Gasteiger partial charge in [0.2, 0.25) is 5.91 Å². The maximum Gasteiger partial charge on any atom is 0.236 e. The molecule has 1 amide bonds. The number of amides is 1. The Morgan fingerprint density at radius 2 is 1.54 bits per heavy atom. The van der Waals surface area contributed by atoms with E-state index in [0.29, 0.717) is 12.5 Å². The van der Waals surface area contributed by atoms with E-state index in [1.165, 1.54) is 64.2 Å². The largest absolute Gasteiger partial charge is 0.379 e. The first-order valence-corrected chi connectivity index (χ1v) is 10.4. The number of ether oxygens (including phenoxy) is 1. The van der Waals surface area contributed by atoms with E-state index in [0.717, 1.165) is 45.3 Å². The molecule has 0 aliphatic carbocycles. The lowest BCUT2D eigenvalue weighted by molar-refractivity contribution is -0.134. The van der Waals surface area contributed by atoms with Crippen molar-refractivity contribution >= 4 is 5.91 Å². The zero-order chi connectivity index (χ0) is 17.0. The molecule has 0 bridgehead atoms. The molecule has 0 atom stereocenters. The van der Waals surface area contributed by atoms with Crippen molar-refractivity contribution in [1.29, 1.82) is 0 Å². The van der Waals surface area contributed by atoms with Crippen LogP contribution < -0.4 is 0 Å². The molecule has 0 aromatic heterocycles. The molecule has 2 saturated heterocycles. The normalized spacial score (nSPS) is 20.5. The summed E-state index contributed by atoms with van der Waals surface area (Å²) in [5.41, 5.74) is 0. The van der Waals surface area contributed by atoms with Crippen LogP contribution in [0.4, 0.5) is 0 Å². The monoisotopic (exact) mass is 338 g/mol. The summed E-state index contributed by atoms with van der Waals surface area (Å²) < 4.78 is 5.35. The molecule has 2 rings (SSSR count). The average molecular weight is 339 g/mol. The standard InChI is InChI=1S/C20H38N2O2/c1-2-3-4-5-6-7-8-9-19-10-12-22(13-11-19)20(23)18-21-14-16-24-17-15-21/h19H,2-18H2,1H3. The lowest BCUT2D eigenvalue weighted by Crippen LogP contribution is -2.47. The topological polar surface area (TPSA) is 32.8 Å². The van der Waals surface area contributed by atoms with Crippen LogP contribution in [0.1, 0.15) is 71.1 Å². The summed E-state index contributed by atoms with van der Waals surface area (Å²) in [4.78, 5) is 16.7. The van der Waals surface area contributed by atoms with Gasteiger partial charge in [0.25, 0.3) is 0 Å². The van der Waals surface area contributed by atoms with E-state index in [-0.39, 0.29) is 0 Å². The minimum Gasteiger partial charge on any atom is -0.379 e. The van der Waals surface area contributed by atoms with Crippen LogP contribution in [0.25, 0.3) is 0 Å². The van der Waals surface area contributed by atoms with Crippen molar-refractivity contribution in [3.8, 4) is 0 Å². The predicted molar refractivity (Wildman–Crippen MR) is 99.2 cm³/mol. The van der Waals surface area contributed by atoms with E-state index in [2.05, 4.69) is 16.7 Å². The number of morpholine rings is 1. The van der Waals surface area contributed by atoms with Crippen molar-refractivity contribution in [2.45, 2.75) is 71.1 Å². The molecule has 0 radical (unpaired) electrons. The minimum absolute atomic E-state index is 0.325. The zero-order valence-corrected chi connectivity index (χ0v) is 15.8. The summed E-state index contributed by atoms with van der Waals surface area (Å²) in [6.45, 7) is 8.17. The fraction of sp³-hybridized carbons (Fsp3) is 0.950. The Balaban J connectivity index is 1.50. The second kappa shape index (κ2) is 11.9. The summed E-state index contributed by atoms with van der Waals surface area (Å²) in [7, 11) is 0. The van der Waals surface area contributed by atoms with Gasteiger partial charge in [-0.1, -0.05) is 58.3 Å². The highest BCUT2D eigenvalue weighted by Gasteiger charge is 2.24. The molecule has 140 valence electrons. The fourth-order valence-corrected chi connectivity index (χ4v) is 3.91. The van der Waals surface area contributed by atoms with Crippen molar-refractivity contribution < 1.29 is 9.53 Å². The second-order valence-electron chi connectivity index (χ2n) is 7.62. The molecule has 0 spiro atoms. The average Bonchev–Trinajstić information content (AvgIpc) is 2.62. The van der Waals surface area contributed by atoms with Crippen molar-refractivity contribution in [3.63, 3.8) is 0 Å². The Morgan fingerprint density at radius 3 is 2.21 bits per heavy atom. The van der Waals surface area contributed by atoms with Gasteiger partial charge in [0.1, 0.15) is 0 Å². The number of carbonyl (C=O) groups excluding carboxylic acids is 1. The highest BCUT2D eigenvalue weighted by Crippen LogP contribution is 2.23. The molecule has 4 nitrogen and oxygen atoms in total. The van der Waals surface area contributed by atoms with Crippen LogP contribution in [0.15, 0.2) is 0 Å². The van der Waals surface area contributed by atoms with E-state index < -0.39 is 0 Å². The first-order valence-electron chi connectivity index (χ1n) is 10.4. The first kappa shape index (κ1) is 19.7. The molecule has 0 saturated carbocycles. The van der Waals surface area contributed by atoms with Gasteiger partial charge in [-0.25, -0.2) is 0 Å². The molecule has 2 heterocycles. The maximum atomic E-state index is 12.4. The van der Waals surface area contributed by atoms with Gasteiger partial charge in [0, 0.05) is 26.2 Å². The van der Waals surface area contributed by atoms with Gasteiger partial charge in [0.15, 0.2) is 0 Å². The van der Waals surface area contributed by atoms with E-state index in [9.17, 15) is 4.79 Å². The van der Waals surface area contributed by atoms with Crippen LogP contribution >= 0.6 is 0 Å². The van der Waals surface area contributed by atoms with Gasteiger partial charge in [-0.05, 0) is 18.8 Å². The highest BCUT2D eigenvalue weighted by molar-refractivity contribution is 5.78. The lowest BCUT2D eigenvalue weighted by atomic mass is 9.91. The molecular formula is C20H38N2O2. The summed E-state index contributed by atoms with van der Waals surface area (Å²) in [5, 5.41) is 0. The Labute approximate surface area is 148 Å². The first-order chi connectivity index (χ1) is 11.8. The zero-order valence-electron chi connectivity index (χ0n) is 15.8. The van der Waals surface area contributed by atoms with E-state index >= 15 is 0 Å². The quantitative estimate of drug-likeness (QED) is 0.569. The smallest absolute Gasteiger partial charge is 0.236 e. The van der Waals surface area contributed by atoms with Crippen LogP contribution in [0.5, 0.6) is 0 Å². The summed E-state index contributed by atoms with van der Waals surface area (Å²) in [6.07, 6.45) is 13.6. The SMILES string of the molecule is CCCCCCCCCC1CCN(C(=O)CN2CCOCC2)CC1. The number of nitrogens with zero attached hydrogens (tertiary/aromatic N) is 2. The van der Waals surface area contributed by atoms with Gasteiger partial charge >= 0.3 is 0 Å². The summed E-state index contributed by atoms with van der Waals surface area (Å²) in [5.74, 6) is 1.18. The predicted octanol–water partition coefficient (Wildman–Crippen LogP) is 3.70. The van der Waals surface area contributed by atoms with Crippen LogP contribution in [0.2, 0.25) is 0 Å². The molecule has 2 fully saturated rings. The number of hydrogen-bond acceptors (Lipinski definition) is 3. The van der Waals surface area contributed by atoms with E-state index in [1.54, 1.807) is 0 Å². The maximum absolute atomic E-state index is 12.4. The van der Waals surface area contributed by atoms with Gasteiger partial charge in [-0.3, -0.25) is 9.69 Å². The van der Waals surface area contributed by atoms with Crippen LogP contribution in [-0.4, -0.2) is 61.6 Å². The van der Waals surface area contributed by atoms with Gasteiger partial charge in [0.05, 0.1) is 19.8 Å². The third-order valence-electron chi connectivity index (χ3n) is 5.65. The van der Waals surface area contributed by atoms with E-state index in [4.69, 9.17) is 4.74 Å². The van der Waals surface area contributed by atoms with Crippen LogP contribution in [0.3, 0.4) is 0 Å². The third-order valence-corrected chi connectivity index (χ3v) is 5.65. The molecule has 0 N–H and O–H groups in total. The van der Waals surface area contributed by atoms with Gasteiger partial charge in [-0.15, -0.1) is 0 Å². The summed E-state index contributed by atoms with van der Waals surface area (Å²) in [6, 6.07) is 0. The van der Waals surface area contributed by atoms with Crippen molar-refractivity contribution in [1.82, 2.24) is 9.80 Å². The Bertz CT molecular complexity index is 335. The number of likely N-dealkylation sites (tertiary alicyclic amines) is 1. The minimum atomic E-state index is 0.325. The van der Waals surface area contributed by atoms with Crippen molar-refractivity contribution in [2.24, 2.45) is 5.92 Å². The molecular weight excluding hydrogens is 300 g/mol. The molecule has 4 heteroatoms. The van der Waals surface area contributed by atoms with Crippen LogP contribution in [-0.2, 0) is 9.53 Å². The van der Waals surface area contributed by atoms with Crippen molar-refractivity contribution in [3.05, 3.63) is 0 Å². The molecule has 2 aliphatic rings. The Hall–Kier alpha value is -0.610. The number of piperidine rings is 1. The third kappa shape index (κ3) is 7.52. The second-order valence-corrected chi connectivity index (χ2v) is 7.62. The Kier molecular flexibility index (Phi) is 9.74. The van der Waals surface area contributed by atoms with Crippen molar-refractivity contribution in [2.75, 3.05) is 45.9 Å². The molecule has 0 aromatic rings. The number of hydrogen-bond donors (Lipinski definition) is 0. The molecule has 0 aromatic carbocycles. The van der Waals surface area contributed by atoms with Gasteiger partial charge < -0.3 is 9.64 Å². The highest BCUT2D eigenvalue weighted by atomic mass is 16.5. The lowest BCUT2D eigenvalue weighted by Gasteiger charge is -2.34.